The highest BCUT2D eigenvalue weighted by atomic mass is 35.5. The van der Waals surface area contributed by atoms with Crippen LogP contribution in [0.3, 0.4) is 0 Å². The van der Waals surface area contributed by atoms with Crippen LogP contribution in [0.4, 0.5) is 0 Å². The van der Waals surface area contributed by atoms with Crippen molar-refractivity contribution in [3.8, 4) is 0 Å². The summed E-state index contributed by atoms with van der Waals surface area (Å²) in [6.07, 6.45) is 4.22. The minimum atomic E-state index is 0.548. The molecule has 0 saturated heterocycles. The first kappa shape index (κ1) is 10.2. The first-order valence-electron chi connectivity index (χ1n) is 4.89. The highest BCUT2D eigenvalue weighted by Gasteiger charge is 2.04. The van der Waals surface area contributed by atoms with Crippen molar-refractivity contribution in [2.75, 3.05) is 0 Å². The SMILES string of the molecule is Cn1ccc2c(Cl)cc(CCC=O)cc21. The Bertz CT molecular complexity index is 502. The van der Waals surface area contributed by atoms with Crippen LogP contribution < -0.4 is 0 Å². The van der Waals surface area contributed by atoms with E-state index in [1.54, 1.807) is 0 Å². The van der Waals surface area contributed by atoms with Crippen LogP contribution in [0.15, 0.2) is 24.4 Å². The van der Waals surface area contributed by atoms with E-state index in [4.69, 9.17) is 11.6 Å². The van der Waals surface area contributed by atoms with Crippen molar-refractivity contribution in [1.29, 1.82) is 0 Å². The Morgan fingerprint density at radius 3 is 3.00 bits per heavy atom. The molecule has 2 nitrogen and oxygen atoms in total. The van der Waals surface area contributed by atoms with Gasteiger partial charge in [0.05, 0.1) is 5.02 Å². The van der Waals surface area contributed by atoms with Gasteiger partial charge in [-0.25, -0.2) is 0 Å². The monoisotopic (exact) mass is 221 g/mol. The van der Waals surface area contributed by atoms with E-state index in [2.05, 4.69) is 6.07 Å². The van der Waals surface area contributed by atoms with Gasteiger partial charge in [0.2, 0.25) is 0 Å². The predicted molar refractivity (Wildman–Crippen MR) is 62.3 cm³/mol. The first-order chi connectivity index (χ1) is 7.22. The first-order valence-corrected chi connectivity index (χ1v) is 5.27. The van der Waals surface area contributed by atoms with E-state index in [0.717, 1.165) is 34.2 Å². The van der Waals surface area contributed by atoms with Gasteiger partial charge in [-0.15, -0.1) is 0 Å². The average Bonchev–Trinajstić information content (AvgIpc) is 2.58. The molecule has 0 fully saturated rings. The predicted octanol–water partition coefficient (Wildman–Crippen LogP) is 2.96. The number of fused-ring (bicyclic) bond motifs is 1. The van der Waals surface area contributed by atoms with Gasteiger partial charge in [0.25, 0.3) is 0 Å². The molecule has 2 rings (SSSR count). The molecule has 0 unspecified atom stereocenters. The van der Waals surface area contributed by atoms with Gasteiger partial charge in [0, 0.05) is 30.6 Å². The molecule has 0 bridgehead atoms. The normalized spacial score (nSPS) is 10.8. The molecule has 0 N–H and O–H groups in total. The van der Waals surface area contributed by atoms with E-state index < -0.39 is 0 Å². The molecule has 0 saturated carbocycles. The molecule has 0 aliphatic rings. The number of rotatable bonds is 3. The van der Waals surface area contributed by atoms with Crippen LogP contribution in [-0.4, -0.2) is 10.9 Å². The van der Waals surface area contributed by atoms with Crippen LogP contribution in [0.1, 0.15) is 12.0 Å². The molecule has 1 aromatic carbocycles. The zero-order valence-electron chi connectivity index (χ0n) is 8.53. The summed E-state index contributed by atoms with van der Waals surface area (Å²) in [5, 5.41) is 1.82. The minimum absolute atomic E-state index is 0.548. The maximum Gasteiger partial charge on any atom is 0.120 e. The van der Waals surface area contributed by atoms with E-state index in [0.29, 0.717) is 6.42 Å². The highest BCUT2D eigenvalue weighted by Crippen LogP contribution is 2.26. The van der Waals surface area contributed by atoms with Crippen LogP contribution in [0, 0.1) is 0 Å². The lowest BCUT2D eigenvalue weighted by Crippen LogP contribution is -1.89. The second-order valence-corrected chi connectivity index (χ2v) is 4.05. The van der Waals surface area contributed by atoms with Gasteiger partial charge in [0.1, 0.15) is 6.29 Å². The van der Waals surface area contributed by atoms with Crippen LogP contribution >= 0.6 is 11.6 Å². The van der Waals surface area contributed by atoms with E-state index in [1.807, 2.05) is 29.9 Å². The number of halogens is 1. The summed E-state index contributed by atoms with van der Waals surface area (Å²) in [5.41, 5.74) is 2.23. The minimum Gasteiger partial charge on any atom is -0.350 e. The fourth-order valence-electron chi connectivity index (χ4n) is 1.75. The lowest BCUT2D eigenvalue weighted by atomic mass is 10.1. The molecule has 0 aliphatic carbocycles. The number of benzene rings is 1. The molecule has 0 radical (unpaired) electrons. The van der Waals surface area contributed by atoms with Crippen molar-refractivity contribution < 1.29 is 4.79 Å². The summed E-state index contributed by atoms with van der Waals surface area (Å²) in [7, 11) is 1.99. The summed E-state index contributed by atoms with van der Waals surface area (Å²) in [4.78, 5) is 10.3. The van der Waals surface area contributed by atoms with Crippen molar-refractivity contribution in [2.45, 2.75) is 12.8 Å². The quantitative estimate of drug-likeness (QED) is 0.731. The van der Waals surface area contributed by atoms with E-state index in [-0.39, 0.29) is 0 Å². The van der Waals surface area contributed by atoms with Gasteiger partial charge in [-0.05, 0) is 30.2 Å². The lowest BCUT2D eigenvalue weighted by Gasteiger charge is -2.03. The van der Waals surface area contributed by atoms with Crippen molar-refractivity contribution in [2.24, 2.45) is 7.05 Å². The summed E-state index contributed by atoms with van der Waals surface area (Å²) >= 11 is 6.15. The molecule has 0 spiro atoms. The summed E-state index contributed by atoms with van der Waals surface area (Å²) in [6.45, 7) is 0. The third-order valence-corrected chi connectivity index (χ3v) is 2.88. The Hall–Kier alpha value is -1.28. The van der Waals surface area contributed by atoms with Gasteiger partial charge < -0.3 is 9.36 Å². The van der Waals surface area contributed by atoms with E-state index >= 15 is 0 Å². The van der Waals surface area contributed by atoms with Crippen molar-refractivity contribution >= 4 is 28.8 Å². The number of aryl methyl sites for hydroxylation is 2. The fourth-order valence-corrected chi connectivity index (χ4v) is 2.05. The molecule has 3 heteroatoms. The van der Waals surface area contributed by atoms with Gasteiger partial charge >= 0.3 is 0 Å². The number of hydrogen-bond acceptors (Lipinski definition) is 1. The molecule has 0 aliphatic heterocycles. The molecule has 0 atom stereocenters. The smallest absolute Gasteiger partial charge is 0.120 e. The molecule has 2 aromatic rings. The van der Waals surface area contributed by atoms with Crippen LogP contribution in [0.2, 0.25) is 5.02 Å². The van der Waals surface area contributed by atoms with Crippen molar-refractivity contribution in [3.63, 3.8) is 0 Å². The summed E-state index contributed by atoms with van der Waals surface area (Å²) in [5.74, 6) is 0. The van der Waals surface area contributed by atoms with Gasteiger partial charge in [0.15, 0.2) is 0 Å². The lowest BCUT2D eigenvalue weighted by molar-refractivity contribution is -0.107. The zero-order valence-corrected chi connectivity index (χ0v) is 9.29. The van der Waals surface area contributed by atoms with Crippen LogP contribution in [0.5, 0.6) is 0 Å². The molecule has 1 aromatic heterocycles. The second-order valence-electron chi connectivity index (χ2n) is 3.64. The molecule has 78 valence electrons. The van der Waals surface area contributed by atoms with E-state index in [1.165, 1.54) is 0 Å². The third-order valence-electron chi connectivity index (χ3n) is 2.56. The van der Waals surface area contributed by atoms with Gasteiger partial charge in [-0.3, -0.25) is 0 Å². The van der Waals surface area contributed by atoms with Crippen LogP contribution in [0.25, 0.3) is 10.9 Å². The summed E-state index contributed by atoms with van der Waals surface area (Å²) < 4.78 is 2.03. The highest BCUT2D eigenvalue weighted by molar-refractivity contribution is 6.35. The van der Waals surface area contributed by atoms with Gasteiger partial charge in [-0.1, -0.05) is 11.6 Å². The Balaban J connectivity index is 2.50. The Labute approximate surface area is 93.5 Å². The maximum absolute atomic E-state index is 10.3. The number of aromatic nitrogens is 1. The molecule has 1 heterocycles. The molecular formula is C12H12ClNO. The number of nitrogens with zero attached hydrogens (tertiary/aromatic N) is 1. The zero-order chi connectivity index (χ0) is 10.8. The number of carbonyl (C=O) groups excluding carboxylic acids is 1. The standard InChI is InChI=1S/C12H12ClNO/c1-14-5-4-10-11(13)7-9(3-2-6-15)8-12(10)14/h4-8H,2-3H2,1H3. The molecule has 15 heavy (non-hydrogen) atoms. The third kappa shape index (κ3) is 1.90. The van der Waals surface area contributed by atoms with Crippen LogP contribution in [-0.2, 0) is 18.3 Å². The molecule has 0 amide bonds. The van der Waals surface area contributed by atoms with Gasteiger partial charge in [-0.2, -0.15) is 0 Å². The maximum atomic E-state index is 10.3. The number of hydrogen-bond donors (Lipinski definition) is 0. The Kier molecular flexibility index (Phi) is 2.78. The number of aldehydes is 1. The Morgan fingerprint density at radius 2 is 2.27 bits per heavy atom. The fraction of sp³-hybridized carbons (Fsp3) is 0.250. The second kappa shape index (κ2) is 4.07. The number of carbonyl (C=O) groups is 1. The largest absolute Gasteiger partial charge is 0.350 e. The van der Waals surface area contributed by atoms with Crippen molar-refractivity contribution in [3.05, 3.63) is 35.0 Å². The Morgan fingerprint density at radius 1 is 1.47 bits per heavy atom. The summed E-state index contributed by atoms with van der Waals surface area (Å²) in [6, 6.07) is 6.03. The average molecular weight is 222 g/mol. The van der Waals surface area contributed by atoms with Crippen molar-refractivity contribution in [1.82, 2.24) is 4.57 Å². The topological polar surface area (TPSA) is 22.0 Å². The van der Waals surface area contributed by atoms with E-state index in [9.17, 15) is 4.79 Å². The molecular weight excluding hydrogens is 210 g/mol.